The quantitative estimate of drug-likeness (QED) is 0.859. The Bertz CT molecular complexity index is 396. The summed E-state index contributed by atoms with van der Waals surface area (Å²) < 4.78 is 28.1. The van der Waals surface area contributed by atoms with Gasteiger partial charge in [0.25, 0.3) is 0 Å². The summed E-state index contributed by atoms with van der Waals surface area (Å²) in [4.78, 5) is 1.65. The molecule has 0 bridgehead atoms. The molecule has 2 nitrogen and oxygen atoms in total. The Hall–Kier alpha value is -1.16. The van der Waals surface area contributed by atoms with E-state index in [1.54, 1.807) is 11.9 Å². The van der Waals surface area contributed by atoms with E-state index in [2.05, 4.69) is 13.8 Å². The van der Waals surface area contributed by atoms with Crippen LogP contribution in [0.15, 0.2) is 12.1 Å². The molecule has 0 amide bonds. The van der Waals surface area contributed by atoms with Gasteiger partial charge in [-0.05, 0) is 37.0 Å². The van der Waals surface area contributed by atoms with E-state index >= 15 is 0 Å². The highest BCUT2D eigenvalue weighted by atomic mass is 19.1. The SMILES string of the molecule is CCC(C)CN(C)c1c(F)cc(CC(C)N)cc1F. The lowest BCUT2D eigenvalue weighted by atomic mass is 10.1. The minimum Gasteiger partial charge on any atom is -0.370 e. The van der Waals surface area contributed by atoms with Crippen LogP contribution < -0.4 is 10.6 Å². The van der Waals surface area contributed by atoms with Gasteiger partial charge in [0, 0.05) is 19.6 Å². The number of hydrogen-bond acceptors (Lipinski definition) is 2. The largest absolute Gasteiger partial charge is 0.370 e. The Morgan fingerprint density at radius 3 is 2.16 bits per heavy atom. The van der Waals surface area contributed by atoms with Crippen molar-refractivity contribution < 1.29 is 8.78 Å². The molecule has 0 aliphatic heterocycles. The monoisotopic (exact) mass is 270 g/mol. The zero-order valence-corrected chi connectivity index (χ0v) is 12.2. The molecule has 0 aromatic heterocycles. The van der Waals surface area contributed by atoms with Gasteiger partial charge in [0.1, 0.15) is 17.3 Å². The molecule has 2 N–H and O–H groups in total. The summed E-state index contributed by atoms with van der Waals surface area (Å²) >= 11 is 0. The third kappa shape index (κ3) is 4.46. The smallest absolute Gasteiger partial charge is 0.149 e. The van der Waals surface area contributed by atoms with E-state index in [1.165, 1.54) is 12.1 Å². The van der Waals surface area contributed by atoms with Gasteiger partial charge in [-0.25, -0.2) is 8.78 Å². The maximum absolute atomic E-state index is 14.0. The fraction of sp³-hybridized carbons (Fsp3) is 0.600. The molecule has 0 saturated heterocycles. The summed E-state index contributed by atoms with van der Waals surface area (Å²) in [7, 11) is 1.72. The Labute approximate surface area is 114 Å². The van der Waals surface area contributed by atoms with Crippen molar-refractivity contribution in [1.29, 1.82) is 0 Å². The highest BCUT2D eigenvalue weighted by molar-refractivity contribution is 5.50. The van der Waals surface area contributed by atoms with Gasteiger partial charge in [-0.1, -0.05) is 20.3 Å². The van der Waals surface area contributed by atoms with Crippen LogP contribution >= 0.6 is 0 Å². The van der Waals surface area contributed by atoms with Gasteiger partial charge in [0.2, 0.25) is 0 Å². The van der Waals surface area contributed by atoms with E-state index in [9.17, 15) is 8.78 Å². The van der Waals surface area contributed by atoms with Crippen LogP contribution in [0.5, 0.6) is 0 Å². The Balaban J connectivity index is 2.96. The van der Waals surface area contributed by atoms with Crippen molar-refractivity contribution in [2.24, 2.45) is 11.7 Å². The van der Waals surface area contributed by atoms with Crippen LogP contribution in [0.2, 0.25) is 0 Å². The molecule has 0 spiro atoms. The van der Waals surface area contributed by atoms with Crippen LogP contribution in [0.25, 0.3) is 0 Å². The number of rotatable bonds is 6. The second-order valence-corrected chi connectivity index (χ2v) is 5.48. The fourth-order valence-electron chi connectivity index (χ4n) is 2.16. The standard InChI is InChI=1S/C15H24F2N2/c1-5-10(2)9-19(4)15-13(16)7-12(6-11(3)18)8-14(15)17/h7-8,10-11H,5-6,9,18H2,1-4H3. The molecule has 1 aromatic carbocycles. The van der Waals surface area contributed by atoms with E-state index in [-0.39, 0.29) is 11.7 Å². The van der Waals surface area contributed by atoms with Gasteiger partial charge in [-0.2, -0.15) is 0 Å². The van der Waals surface area contributed by atoms with Crippen molar-refractivity contribution in [3.8, 4) is 0 Å². The number of benzene rings is 1. The molecule has 108 valence electrons. The minimum atomic E-state index is -0.513. The molecule has 0 aliphatic carbocycles. The van der Waals surface area contributed by atoms with Crippen LogP contribution in [0, 0.1) is 17.6 Å². The maximum atomic E-state index is 14.0. The highest BCUT2D eigenvalue weighted by Gasteiger charge is 2.17. The Morgan fingerprint density at radius 1 is 1.21 bits per heavy atom. The first-order chi connectivity index (χ1) is 8.85. The second-order valence-electron chi connectivity index (χ2n) is 5.48. The molecule has 19 heavy (non-hydrogen) atoms. The van der Waals surface area contributed by atoms with Gasteiger partial charge < -0.3 is 10.6 Å². The predicted octanol–water partition coefficient (Wildman–Crippen LogP) is 3.34. The Morgan fingerprint density at radius 2 is 1.74 bits per heavy atom. The van der Waals surface area contributed by atoms with Gasteiger partial charge in [0.15, 0.2) is 0 Å². The van der Waals surface area contributed by atoms with Crippen LogP contribution in [0.3, 0.4) is 0 Å². The normalized spacial score (nSPS) is 14.3. The molecule has 4 heteroatoms. The highest BCUT2D eigenvalue weighted by Crippen LogP contribution is 2.25. The first kappa shape index (κ1) is 15.9. The van der Waals surface area contributed by atoms with Gasteiger partial charge in [0.05, 0.1) is 0 Å². The van der Waals surface area contributed by atoms with E-state index in [4.69, 9.17) is 5.73 Å². The lowest BCUT2D eigenvalue weighted by Gasteiger charge is -2.24. The molecule has 0 fully saturated rings. The number of anilines is 1. The number of hydrogen-bond donors (Lipinski definition) is 1. The summed E-state index contributed by atoms with van der Waals surface area (Å²) in [5, 5.41) is 0. The summed E-state index contributed by atoms with van der Waals surface area (Å²) in [6.07, 6.45) is 1.46. The van der Waals surface area contributed by atoms with E-state index in [0.29, 0.717) is 24.4 Å². The van der Waals surface area contributed by atoms with E-state index in [1.807, 2.05) is 6.92 Å². The molecule has 2 atom stereocenters. The summed E-state index contributed by atoms with van der Waals surface area (Å²) in [6, 6.07) is 2.66. The first-order valence-corrected chi connectivity index (χ1v) is 6.79. The third-order valence-corrected chi connectivity index (χ3v) is 3.30. The zero-order valence-electron chi connectivity index (χ0n) is 12.2. The molecular formula is C15H24F2N2. The van der Waals surface area contributed by atoms with Crippen LogP contribution in [-0.4, -0.2) is 19.6 Å². The van der Waals surface area contributed by atoms with Gasteiger partial charge >= 0.3 is 0 Å². The number of halogens is 2. The summed E-state index contributed by atoms with van der Waals surface area (Å²) in [6.45, 7) is 6.59. The van der Waals surface area contributed by atoms with Crippen molar-refractivity contribution in [2.45, 2.75) is 39.7 Å². The van der Waals surface area contributed by atoms with Crippen LogP contribution in [0.1, 0.15) is 32.8 Å². The molecule has 0 radical (unpaired) electrons. The van der Waals surface area contributed by atoms with Crippen molar-refractivity contribution in [1.82, 2.24) is 0 Å². The molecule has 0 heterocycles. The molecule has 0 saturated carbocycles. The van der Waals surface area contributed by atoms with Crippen molar-refractivity contribution >= 4 is 5.69 Å². The molecule has 1 rings (SSSR count). The average molecular weight is 270 g/mol. The Kier molecular flexibility index (Phi) is 5.73. The first-order valence-electron chi connectivity index (χ1n) is 6.79. The summed E-state index contributed by atoms with van der Waals surface area (Å²) in [5.74, 6) is -0.629. The van der Waals surface area contributed by atoms with Crippen LogP contribution in [-0.2, 0) is 6.42 Å². The van der Waals surface area contributed by atoms with Crippen molar-refractivity contribution in [2.75, 3.05) is 18.5 Å². The molecular weight excluding hydrogens is 246 g/mol. The third-order valence-electron chi connectivity index (χ3n) is 3.30. The second kappa shape index (κ2) is 6.85. The zero-order chi connectivity index (χ0) is 14.6. The topological polar surface area (TPSA) is 29.3 Å². The van der Waals surface area contributed by atoms with Crippen molar-refractivity contribution in [3.63, 3.8) is 0 Å². The van der Waals surface area contributed by atoms with Crippen LogP contribution in [0.4, 0.5) is 14.5 Å². The molecule has 2 unspecified atom stereocenters. The lowest BCUT2D eigenvalue weighted by Crippen LogP contribution is -2.26. The average Bonchev–Trinajstić information content (AvgIpc) is 2.26. The fourth-order valence-corrected chi connectivity index (χ4v) is 2.16. The minimum absolute atomic E-state index is 0.0497. The van der Waals surface area contributed by atoms with Gasteiger partial charge in [-0.3, -0.25) is 0 Å². The summed E-state index contributed by atoms with van der Waals surface area (Å²) in [5.41, 5.74) is 6.30. The number of nitrogens with zero attached hydrogens (tertiary/aromatic N) is 1. The molecule has 0 aliphatic rings. The maximum Gasteiger partial charge on any atom is 0.149 e. The van der Waals surface area contributed by atoms with Crippen molar-refractivity contribution in [3.05, 3.63) is 29.3 Å². The van der Waals surface area contributed by atoms with E-state index < -0.39 is 11.6 Å². The predicted molar refractivity (Wildman–Crippen MR) is 76.4 cm³/mol. The van der Waals surface area contributed by atoms with E-state index in [0.717, 1.165) is 6.42 Å². The number of nitrogens with two attached hydrogens (primary N) is 1. The molecule has 1 aromatic rings. The van der Waals surface area contributed by atoms with Gasteiger partial charge in [-0.15, -0.1) is 0 Å². The lowest BCUT2D eigenvalue weighted by molar-refractivity contribution is 0.531.